The Bertz CT molecular complexity index is 601. The van der Waals surface area contributed by atoms with E-state index in [-0.39, 0.29) is 11.6 Å². The van der Waals surface area contributed by atoms with Crippen molar-refractivity contribution in [2.75, 3.05) is 5.32 Å². The fourth-order valence-corrected chi connectivity index (χ4v) is 2.59. The van der Waals surface area contributed by atoms with Gasteiger partial charge in [-0.3, -0.25) is 0 Å². The van der Waals surface area contributed by atoms with E-state index in [1.165, 1.54) is 6.07 Å². The molecule has 1 unspecified atom stereocenters. The predicted octanol–water partition coefficient (Wildman–Crippen LogP) is 3.64. The molecular weight excluding hydrogens is 249 g/mol. The number of hydrogen-bond donors (Lipinski definition) is 1. The average Bonchev–Trinajstić information content (AvgIpc) is 2.76. The van der Waals surface area contributed by atoms with E-state index in [1.807, 2.05) is 19.9 Å². The molecule has 0 aliphatic carbocycles. The maximum atomic E-state index is 13.5. The summed E-state index contributed by atoms with van der Waals surface area (Å²) in [4.78, 5) is 5.27. The van der Waals surface area contributed by atoms with Gasteiger partial charge in [0, 0.05) is 4.88 Å². The third kappa shape index (κ3) is 2.34. The molecule has 0 saturated carbocycles. The first-order valence-corrected chi connectivity index (χ1v) is 6.36. The lowest BCUT2D eigenvalue weighted by Gasteiger charge is -2.15. The van der Waals surface area contributed by atoms with Gasteiger partial charge in [-0.15, -0.1) is 11.3 Å². The summed E-state index contributed by atoms with van der Waals surface area (Å²) < 4.78 is 13.5. The minimum absolute atomic E-state index is 0.00796. The Hall–Kier alpha value is -1.93. The van der Waals surface area contributed by atoms with Gasteiger partial charge < -0.3 is 5.32 Å². The lowest BCUT2D eigenvalue weighted by Crippen LogP contribution is -2.08. The van der Waals surface area contributed by atoms with Crippen LogP contribution in [0.15, 0.2) is 23.7 Å². The lowest BCUT2D eigenvalue weighted by atomic mass is 10.1. The quantitative estimate of drug-likeness (QED) is 0.917. The molecule has 0 aliphatic heterocycles. The minimum Gasteiger partial charge on any atom is -0.376 e. The van der Waals surface area contributed by atoms with Gasteiger partial charge >= 0.3 is 0 Å². The second-order valence-electron chi connectivity index (χ2n) is 3.94. The summed E-state index contributed by atoms with van der Waals surface area (Å²) in [6.07, 6.45) is 0. The van der Waals surface area contributed by atoms with Crippen LogP contribution in [0.2, 0.25) is 0 Å². The fraction of sp³-hybridized carbons (Fsp3) is 0.231. The number of anilines is 1. The van der Waals surface area contributed by atoms with Crippen molar-refractivity contribution in [1.82, 2.24) is 4.98 Å². The van der Waals surface area contributed by atoms with Crippen LogP contribution >= 0.6 is 11.3 Å². The Kier molecular flexibility index (Phi) is 3.58. The number of nitrogens with zero attached hydrogens (tertiary/aromatic N) is 2. The summed E-state index contributed by atoms with van der Waals surface area (Å²) in [5, 5.41) is 12.1. The fourth-order valence-electron chi connectivity index (χ4n) is 1.78. The van der Waals surface area contributed by atoms with Crippen molar-refractivity contribution in [2.45, 2.75) is 19.9 Å². The third-order valence-corrected chi connectivity index (χ3v) is 3.79. The van der Waals surface area contributed by atoms with Crippen LogP contribution < -0.4 is 5.32 Å². The Morgan fingerprint density at radius 3 is 2.89 bits per heavy atom. The van der Waals surface area contributed by atoms with Crippen molar-refractivity contribution in [2.24, 2.45) is 0 Å². The van der Waals surface area contributed by atoms with Gasteiger partial charge in [0.1, 0.15) is 17.4 Å². The Morgan fingerprint density at radius 2 is 2.28 bits per heavy atom. The first-order chi connectivity index (χ1) is 8.63. The van der Waals surface area contributed by atoms with E-state index < -0.39 is 5.82 Å². The second-order valence-corrected chi connectivity index (χ2v) is 4.83. The van der Waals surface area contributed by atoms with Crippen molar-refractivity contribution in [1.29, 1.82) is 5.26 Å². The van der Waals surface area contributed by atoms with Crippen molar-refractivity contribution in [3.05, 3.63) is 45.7 Å². The highest BCUT2D eigenvalue weighted by molar-refractivity contribution is 7.09. The molecule has 2 rings (SSSR count). The number of halogens is 1. The van der Waals surface area contributed by atoms with Crippen molar-refractivity contribution < 1.29 is 4.39 Å². The zero-order valence-electron chi connectivity index (χ0n) is 10.1. The normalized spacial score (nSPS) is 11.9. The Labute approximate surface area is 109 Å². The van der Waals surface area contributed by atoms with Crippen LogP contribution in [-0.4, -0.2) is 4.98 Å². The highest BCUT2D eigenvalue weighted by Gasteiger charge is 2.14. The molecule has 0 bridgehead atoms. The van der Waals surface area contributed by atoms with Gasteiger partial charge in [0.15, 0.2) is 0 Å². The molecule has 1 N–H and O–H groups in total. The highest BCUT2D eigenvalue weighted by atomic mass is 32.1. The number of nitrogens with one attached hydrogen (secondary N) is 1. The molecule has 92 valence electrons. The summed E-state index contributed by atoms with van der Waals surface area (Å²) in [6, 6.07) is 6.45. The molecule has 5 heteroatoms. The monoisotopic (exact) mass is 261 g/mol. The van der Waals surface area contributed by atoms with E-state index in [9.17, 15) is 4.39 Å². The largest absolute Gasteiger partial charge is 0.376 e. The molecule has 1 atom stereocenters. The first kappa shape index (κ1) is 12.5. The standard InChI is InChI=1S/C13H12FN3S/c1-8-13(18-7-16-8)9(2)17-12-5-3-4-11(14)10(12)6-15/h3-5,7,9,17H,1-2H3. The van der Waals surface area contributed by atoms with Gasteiger partial charge in [-0.2, -0.15) is 5.26 Å². The van der Waals surface area contributed by atoms with E-state index in [0.717, 1.165) is 10.6 Å². The first-order valence-electron chi connectivity index (χ1n) is 5.48. The van der Waals surface area contributed by atoms with Crippen molar-refractivity contribution >= 4 is 17.0 Å². The maximum absolute atomic E-state index is 13.5. The second kappa shape index (κ2) is 5.15. The molecule has 0 spiro atoms. The number of rotatable bonds is 3. The molecule has 3 nitrogen and oxygen atoms in total. The number of hydrogen-bond acceptors (Lipinski definition) is 4. The zero-order chi connectivity index (χ0) is 13.1. The average molecular weight is 261 g/mol. The zero-order valence-corrected chi connectivity index (χ0v) is 10.9. The summed E-state index contributed by atoms with van der Waals surface area (Å²) in [5.41, 5.74) is 3.29. The number of nitriles is 1. The summed E-state index contributed by atoms with van der Waals surface area (Å²) >= 11 is 1.54. The van der Waals surface area contributed by atoms with Gasteiger partial charge in [-0.05, 0) is 26.0 Å². The molecule has 1 aromatic carbocycles. The number of aromatic nitrogens is 1. The van der Waals surface area contributed by atoms with Gasteiger partial charge in [0.05, 0.1) is 22.9 Å². The van der Waals surface area contributed by atoms with Crippen molar-refractivity contribution in [3.8, 4) is 6.07 Å². The van der Waals surface area contributed by atoms with E-state index in [2.05, 4.69) is 10.3 Å². The van der Waals surface area contributed by atoms with Gasteiger partial charge in [-0.25, -0.2) is 9.37 Å². The molecule has 0 amide bonds. The lowest BCUT2D eigenvalue weighted by molar-refractivity contribution is 0.624. The molecular formula is C13H12FN3S. The predicted molar refractivity (Wildman–Crippen MR) is 70.0 cm³/mol. The number of benzene rings is 1. The van der Waals surface area contributed by atoms with Crippen LogP contribution in [0, 0.1) is 24.1 Å². The molecule has 0 fully saturated rings. The topological polar surface area (TPSA) is 48.7 Å². The summed E-state index contributed by atoms with van der Waals surface area (Å²) in [5.74, 6) is -0.504. The maximum Gasteiger partial charge on any atom is 0.143 e. The molecule has 0 aliphatic rings. The molecule has 1 heterocycles. The Morgan fingerprint density at radius 1 is 1.50 bits per heavy atom. The number of thiazole rings is 1. The molecule has 2 aromatic rings. The van der Waals surface area contributed by atoms with E-state index in [4.69, 9.17) is 5.26 Å². The van der Waals surface area contributed by atoms with Crippen LogP contribution in [0.3, 0.4) is 0 Å². The van der Waals surface area contributed by atoms with Gasteiger partial charge in [-0.1, -0.05) is 6.07 Å². The molecule has 0 saturated heterocycles. The molecule has 0 radical (unpaired) electrons. The Balaban J connectivity index is 2.28. The van der Waals surface area contributed by atoms with E-state index in [0.29, 0.717) is 5.69 Å². The SMILES string of the molecule is Cc1ncsc1C(C)Nc1cccc(F)c1C#N. The van der Waals surface area contributed by atoms with Crippen LogP contribution in [0.25, 0.3) is 0 Å². The van der Waals surface area contributed by atoms with E-state index in [1.54, 1.807) is 29.0 Å². The smallest absolute Gasteiger partial charge is 0.143 e. The molecule has 1 aromatic heterocycles. The van der Waals surface area contributed by atoms with Gasteiger partial charge in [0.25, 0.3) is 0 Å². The van der Waals surface area contributed by atoms with Crippen LogP contribution in [0.1, 0.15) is 29.1 Å². The third-order valence-electron chi connectivity index (χ3n) is 2.67. The summed E-state index contributed by atoms with van der Waals surface area (Å²) in [7, 11) is 0. The van der Waals surface area contributed by atoms with E-state index >= 15 is 0 Å². The highest BCUT2D eigenvalue weighted by Crippen LogP contribution is 2.27. The van der Waals surface area contributed by atoms with Gasteiger partial charge in [0.2, 0.25) is 0 Å². The van der Waals surface area contributed by atoms with Crippen LogP contribution in [-0.2, 0) is 0 Å². The minimum atomic E-state index is -0.504. The van der Waals surface area contributed by atoms with Crippen LogP contribution in [0.4, 0.5) is 10.1 Å². The van der Waals surface area contributed by atoms with Crippen molar-refractivity contribution in [3.63, 3.8) is 0 Å². The van der Waals surface area contributed by atoms with Crippen LogP contribution in [0.5, 0.6) is 0 Å². The number of aryl methyl sites for hydroxylation is 1. The summed E-state index contributed by atoms with van der Waals surface area (Å²) in [6.45, 7) is 3.90. The molecule has 18 heavy (non-hydrogen) atoms.